The second kappa shape index (κ2) is 10.1. The van der Waals surface area contributed by atoms with Gasteiger partial charge >= 0.3 is 6.03 Å². The number of nitrogens with zero attached hydrogens (tertiary/aromatic N) is 3. The smallest absolute Gasteiger partial charge is 0.319 e. The molecule has 150 valence electrons. The van der Waals surface area contributed by atoms with Crippen molar-refractivity contribution in [3.63, 3.8) is 0 Å². The molecule has 0 bridgehead atoms. The minimum absolute atomic E-state index is 0.339. The fourth-order valence-corrected chi connectivity index (χ4v) is 2.60. The molecule has 3 rings (SSSR count). The number of urea groups is 1. The summed E-state index contributed by atoms with van der Waals surface area (Å²) in [7, 11) is 1.53. The number of rotatable bonds is 8. The van der Waals surface area contributed by atoms with E-state index in [0.717, 1.165) is 0 Å². The summed E-state index contributed by atoms with van der Waals surface area (Å²) in [5.74, 6) is 2.42. The number of ether oxygens (including phenoxy) is 1. The molecule has 0 saturated carbocycles. The van der Waals surface area contributed by atoms with E-state index in [2.05, 4.69) is 36.4 Å². The maximum absolute atomic E-state index is 11.9. The second-order valence-corrected chi connectivity index (χ2v) is 6.21. The van der Waals surface area contributed by atoms with Crippen LogP contribution in [0, 0.1) is 0 Å². The summed E-state index contributed by atoms with van der Waals surface area (Å²) >= 11 is 6.04. The van der Waals surface area contributed by atoms with E-state index in [9.17, 15) is 4.79 Å². The summed E-state index contributed by atoms with van der Waals surface area (Å²) in [5, 5.41) is 20.2. The van der Waals surface area contributed by atoms with Crippen molar-refractivity contribution in [2.45, 2.75) is 0 Å². The van der Waals surface area contributed by atoms with Crippen LogP contribution in [0.15, 0.2) is 54.7 Å². The summed E-state index contributed by atoms with van der Waals surface area (Å²) in [4.78, 5) is 16.1. The first-order valence-corrected chi connectivity index (χ1v) is 9.16. The Morgan fingerprint density at radius 2 is 1.86 bits per heavy atom. The highest BCUT2D eigenvalue weighted by molar-refractivity contribution is 6.32. The quantitative estimate of drug-likeness (QED) is 0.418. The standard InChI is InChI=1S/C19H20ClN7O2/c1-29-15-6-5-13(12-14(15)20)24-19(28)23-11-10-22-17-7-8-18(27-26-17)25-16-4-2-3-9-21-16/h2-9,12H,10-11H2,1H3,(H,22,26)(H,21,25,27)(H2,23,24,28). The summed E-state index contributed by atoms with van der Waals surface area (Å²) in [5.41, 5.74) is 0.572. The molecule has 2 heterocycles. The normalized spacial score (nSPS) is 10.1. The number of carbonyl (C=O) groups is 1. The molecule has 0 unspecified atom stereocenters. The van der Waals surface area contributed by atoms with E-state index >= 15 is 0 Å². The third kappa shape index (κ3) is 6.22. The molecule has 0 atom stereocenters. The van der Waals surface area contributed by atoms with Gasteiger partial charge in [0.15, 0.2) is 5.82 Å². The molecule has 2 aromatic heterocycles. The third-order valence-corrected chi connectivity index (χ3v) is 4.01. The van der Waals surface area contributed by atoms with Crippen LogP contribution in [0.4, 0.5) is 27.9 Å². The fourth-order valence-electron chi connectivity index (χ4n) is 2.35. The van der Waals surface area contributed by atoms with Crippen LogP contribution in [0.1, 0.15) is 0 Å². The average molecular weight is 414 g/mol. The molecule has 0 saturated heterocycles. The van der Waals surface area contributed by atoms with Gasteiger partial charge in [-0.15, -0.1) is 10.2 Å². The lowest BCUT2D eigenvalue weighted by Crippen LogP contribution is -2.32. The molecule has 0 fully saturated rings. The van der Waals surface area contributed by atoms with Crippen LogP contribution in [0.2, 0.25) is 5.02 Å². The van der Waals surface area contributed by atoms with Gasteiger partial charge in [0.25, 0.3) is 0 Å². The molecular formula is C19H20ClN7O2. The highest BCUT2D eigenvalue weighted by atomic mass is 35.5. The predicted octanol–water partition coefficient (Wildman–Crippen LogP) is 3.51. The fraction of sp³-hybridized carbons (Fsp3) is 0.158. The number of pyridine rings is 1. The zero-order valence-electron chi connectivity index (χ0n) is 15.6. The number of nitrogens with one attached hydrogen (secondary N) is 4. The van der Waals surface area contributed by atoms with E-state index < -0.39 is 0 Å². The predicted molar refractivity (Wildman–Crippen MR) is 113 cm³/mol. The molecule has 0 spiro atoms. The molecule has 0 aliphatic carbocycles. The minimum Gasteiger partial charge on any atom is -0.495 e. The van der Waals surface area contributed by atoms with E-state index in [-0.39, 0.29) is 6.03 Å². The first-order valence-electron chi connectivity index (χ1n) is 8.78. The van der Waals surface area contributed by atoms with E-state index in [1.807, 2.05) is 18.2 Å². The van der Waals surface area contributed by atoms with E-state index in [1.54, 1.807) is 36.5 Å². The van der Waals surface area contributed by atoms with Crippen LogP contribution in [0.3, 0.4) is 0 Å². The van der Waals surface area contributed by atoms with Gasteiger partial charge in [0.2, 0.25) is 0 Å². The zero-order valence-corrected chi connectivity index (χ0v) is 16.4. The number of amides is 2. The van der Waals surface area contributed by atoms with Crippen molar-refractivity contribution < 1.29 is 9.53 Å². The third-order valence-electron chi connectivity index (χ3n) is 3.71. The Morgan fingerprint density at radius 1 is 1.03 bits per heavy atom. The molecule has 0 aliphatic heterocycles. The Morgan fingerprint density at radius 3 is 2.55 bits per heavy atom. The van der Waals surface area contributed by atoms with Crippen molar-refractivity contribution in [3.05, 3.63) is 59.8 Å². The Balaban J connectivity index is 1.38. The van der Waals surface area contributed by atoms with Crippen LogP contribution in [-0.2, 0) is 0 Å². The SMILES string of the molecule is COc1ccc(NC(=O)NCCNc2ccc(Nc3ccccn3)nn2)cc1Cl. The molecule has 3 aromatic rings. The van der Waals surface area contributed by atoms with Gasteiger partial charge in [0.1, 0.15) is 17.4 Å². The number of hydrogen-bond acceptors (Lipinski definition) is 7. The Labute approximate surface area is 172 Å². The van der Waals surface area contributed by atoms with E-state index in [1.165, 1.54) is 7.11 Å². The number of hydrogen-bond donors (Lipinski definition) is 4. The van der Waals surface area contributed by atoms with Crippen LogP contribution in [-0.4, -0.2) is 41.4 Å². The van der Waals surface area contributed by atoms with Crippen molar-refractivity contribution in [2.24, 2.45) is 0 Å². The van der Waals surface area contributed by atoms with Gasteiger partial charge in [0, 0.05) is 25.0 Å². The van der Waals surface area contributed by atoms with Crippen LogP contribution >= 0.6 is 11.6 Å². The highest BCUT2D eigenvalue weighted by Crippen LogP contribution is 2.27. The monoisotopic (exact) mass is 413 g/mol. The number of aromatic nitrogens is 3. The number of anilines is 4. The number of methoxy groups -OCH3 is 1. The van der Waals surface area contributed by atoms with Gasteiger partial charge in [-0.2, -0.15) is 0 Å². The maximum atomic E-state index is 11.9. The maximum Gasteiger partial charge on any atom is 0.319 e. The van der Waals surface area contributed by atoms with Gasteiger partial charge in [-0.1, -0.05) is 17.7 Å². The zero-order chi connectivity index (χ0) is 20.5. The van der Waals surface area contributed by atoms with Gasteiger partial charge in [-0.25, -0.2) is 9.78 Å². The molecule has 4 N–H and O–H groups in total. The van der Waals surface area contributed by atoms with E-state index in [4.69, 9.17) is 16.3 Å². The molecule has 2 amide bonds. The lowest BCUT2D eigenvalue weighted by molar-refractivity contribution is 0.252. The molecule has 10 heteroatoms. The van der Waals surface area contributed by atoms with Crippen molar-refractivity contribution >= 4 is 40.8 Å². The van der Waals surface area contributed by atoms with Crippen LogP contribution in [0.5, 0.6) is 5.75 Å². The molecule has 29 heavy (non-hydrogen) atoms. The first-order chi connectivity index (χ1) is 14.1. The molecule has 0 radical (unpaired) electrons. The van der Waals surface area contributed by atoms with Crippen molar-refractivity contribution in [2.75, 3.05) is 36.1 Å². The number of carbonyl (C=O) groups excluding carboxylic acids is 1. The topological polar surface area (TPSA) is 113 Å². The summed E-state index contributed by atoms with van der Waals surface area (Å²) in [6, 6.07) is 13.8. The average Bonchev–Trinajstić information content (AvgIpc) is 2.73. The summed E-state index contributed by atoms with van der Waals surface area (Å²) < 4.78 is 5.08. The lowest BCUT2D eigenvalue weighted by Gasteiger charge is -2.10. The molecular weight excluding hydrogens is 394 g/mol. The number of halogens is 1. The summed E-state index contributed by atoms with van der Waals surface area (Å²) in [6.45, 7) is 0.879. The second-order valence-electron chi connectivity index (χ2n) is 5.80. The van der Waals surface area contributed by atoms with Crippen molar-refractivity contribution in [3.8, 4) is 5.75 Å². The molecule has 9 nitrogen and oxygen atoms in total. The Bertz CT molecular complexity index is 939. The minimum atomic E-state index is -0.339. The van der Waals surface area contributed by atoms with Gasteiger partial charge in [0.05, 0.1) is 12.1 Å². The highest BCUT2D eigenvalue weighted by Gasteiger charge is 2.05. The molecule has 1 aromatic carbocycles. The lowest BCUT2D eigenvalue weighted by atomic mass is 10.3. The van der Waals surface area contributed by atoms with E-state index in [0.29, 0.717) is 47.0 Å². The van der Waals surface area contributed by atoms with Gasteiger partial charge < -0.3 is 26.0 Å². The first kappa shape index (κ1) is 20.2. The van der Waals surface area contributed by atoms with Crippen LogP contribution < -0.4 is 26.0 Å². The Hall–Kier alpha value is -3.59. The van der Waals surface area contributed by atoms with Gasteiger partial charge in [-0.3, -0.25) is 0 Å². The largest absolute Gasteiger partial charge is 0.495 e. The van der Waals surface area contributed by atoms with Crippen molar-refractivity contribution in [1.29, 1.82) is 0 Å². The summed E-state index contributed by atoms with van der Waals surface area (Å²) in [6.07, 6.45) is 1.69. The van der Waals surface area contributed by atoms with Crippen LogP contribution in [0.25, 0.3) is 0 Å². The molecule has 0 aliphatic rings. The van der Waals surface area contributed by atoms with Crippen molar-refractivity contribution in [1.82, 2.24) is 20.5 Å². The van der Waals surface area contributed by atoms with Gasteiger partial charge in [-0.05, 0) is 42.5 Å². The number of benzene rings is 1. The Kier molecular flexibility index (Phi) is 7.01.